The van der Waals surface area contributed by atoms with Gasteiger partial charge < -0.3 is 5.32 Å². The Bertz CT molecular complexity index is 581. The van der Waals surface area contributed by atoms with E-state index in [2.05, 4.69) is 23.4 Å². The number of nitrogens with zero attached hydrogens (tertiary/aromatic N) is 1. The van der Waals surface area contributed by atoms with Crippen molar-refractivity contribution in [3.8, 4) is 18.0 Å². The highest BCUT2D eigenvalue weighted by Gasteiger charge is 1.89. The fourth-order valence-corrected chi connectivity index (χ4v) is 1.33. The van der Waals surface area contributed by atoms with Crippen molar-refractivity contribution in [3.63, 3.8) is 0 Å². The van der Waals surface area contributed by atoms with Crippen molar-refractivity contribution in [2.24, 2.45) is 0 Å². The highest BCUT2D eigenvalue weighted by atomic mass is 14.8. The van der Waals surface area contributed by atoms with E-state index in [0.717, 1.165) is 11.3 Å². The number of para-hydroxylation sites is 1. The van der Waals surface area contributed by atoms with Crippen LogP contribution in [-0.2, 0) is 0 Å². The van der Waals surface area contributed by atoms with Crippen molar-refractivity contribution in [3.05, 3.63) is 65.7 Å². The summed E-state index contributed by atoms with van der Waals surface area (Å²) in [7, 11) is 0. The lowest BCUT2D eigenvalue weighted by Gasteiger charge is -1.95. The maximum atomic E-state index is 8.65. The summed E-state index contributed by atoms with van der Waals surface area (Å²) in [5.41, 5.74) is 2.49. The van der Waals surface area contributed by atoms with Gasteiger partial charge in [-0.05, 0) is 42.3 Å². The molecule has 1 N–H and O–H groups in total. The van der Waals surface area contributed by atoms with Crippen LogP contribution in [0.15, 0.2) is 54.6 Å². The second kappa shape index (κ2) is 5.39. The van der Waals surface area contributed by atoms with Crippen LogP contribution in [0.5, 0.6) is 0 Å². The van der Waals surface area contributed by atoms with Crippen LogP contribution in [0.2, 0.25) is 0 Å². The molecule has 0 aliphatic rings. The summed E-state index contributed by atoms with van der Waals surface area (Å²) in [5.74, 6) is 2.97. The van der Waals surface area contributed by atoms with Crippen molar-refractivity contribution in [2.45, 2.75) is 0 Å². The molecule has 0 aliphatic heterocycles. The molecule has 0 bridgehead atoms. The van der Waals surface area contributed by atoms with E-state index in [4.69, 9.17) is 5.26 Å². The van der Waals surface area contributed by atoms with Crippen molar-refractivity contribution in [1.82, 2.24) is 0 Å². The first-order chi connectivity index (χ1) is 8.38. The van der Waals surface area contributed by atoms with Gasteiger partial charge in [-0.2, -0.15) is 5.26 Å². The van der Waals surface area contributed by atoms with Crippen LogP contribution in [-0.4, -0.2) is 0 Å². The van der Waals surface area contributed by atoms with Crippen LogP contribution in [0.1, 0.15) is 11.1 Å². The fraction of sp³-hybridized carbons (Fsp3) is 0. The van der Waals surface area contributed by atoms with Crippen LogP contribution < -0.4 is 5.32 Å². The Balaban J connectivity index is 2.04. The minimum absolute atomic E-state index is 0.645. The van der Waals surface area contributed by atoms with Crippen molar-refractivity contribution >= 4 is 5.69 Å². The van der Waals surface area contributed by atoms with E-state index in [9.17, 15) is 0 Å². The Kier molecular flexibility index (Phi) is 3.43. The zero-order chi connectivity index (χ0) is 11.9. The number of nitrogens with one attached hydrogen (secondary N) is 1. The molecule has 0 unspecified atom stereocenters. The van der Waals surface area contributed by atoms with Gasteiger partial charge in [-0.3, -0.25) is 0 Å². The average Bonchev–Trinajstić information content (AvgIpc) is 2.41. The van der Waals surface area contributed by atoms with Crippen molar-refractivity contribution < 1.29 is 0 Å². The van der Waals surface area contributed by atoms with Crippen LogP contribution in [0.3, 0.4) is 0 Å². The van der Waals surface area contributed by atoms with E-state index >= 15 is 0 Å². The lowest BCUT2D eigenvalue weighted by molar-refractivity contribution is 1.48. The molecule has 2 nitrogen and oxygen atoms in total. The monoisotopic (exact) mass is 218 g/mol. The zero-order valence-corrected chi connectivity index (χ0v) is 9.14. The third-order valence-corrected chi connectivity index (χ3v) is 2.20. The normalized spacial score (nSPS) is 8.65. The summed E-state index contributed by atoms with van der Waals surface area (Å²) < 4.78 is 0. The molecular weight excluding hydrogens is 208 g/mol. The van der Waals surface area contributed by atoms with Gasteiger partial charge in [0.15, 0.2) is 0 Å². The van der Waals surface area contributed by atoms with Gasteiger partial charge in [-0.1, -0.05) is 18.2 Å². The lowest BCUT2D eigenvalue weighted by atomic mass is 10.1. The van der Waals surface area contributed by atoms with E-state index in [0.29, 0.717) is 5.56 Å². The molecule has 0 aliphatic carbocycles. The number of anilines is 1. The van der Waals surface area contributed by atoms with Gasteiger partial charge in [-0.15, -0.1) is 0 Å². The SMILES string of the molecule is N#Cc1ccc(C#CNc2ccccc2)cc1. The number of hydrogen-bond acceptors (Lipinski definition) is 2. The van der Waals surface area contributed by atoms with E-state index in [-0.39, 0.29) is 0 Å². The number of hydrogen-bond donors (Lipinski definition) is 1. The highest BCUT2D eigenvalue weighted by molar-refractivity contribution is 5.49. The first-order valence-electron chi connectivity index (χ1n) is 5.21. The summed E-state index contributed by atoms with van der Waals surface area (Å²) in [6.45, 7) is 0. The smallest absolute Gasteiger partial charge is 0.0991 e. The Morgan fingerprint density at radius 2 is 1.47 bits per heavy atom. The summed E-state index contributed by atoms with van der Waals surface area (Å²) in [4.78, 5) is 0. The van der Waals surface area contributed by atoms with E-state index < -0.39 is 0 Å². The van der Waals surface area contributed by atoms with Gasteiger partial charge in [0.2, 0.25) is 0 Å². The molecule has 2 aromatic rings. The van der Waals surface area contributed by atoms with Gasteiger partial charge in [-0.25, -0.2) is 0 Å². The molecular formula is C15H10N2. The first kappa shape index (κ1) is 10.8. The Labute approximate surface area is 101 Å². The molecule has 80 valence electrons. The molecule has 0 radical (unpaired) electrons. The second-order valence-corrected chi connectivity index (χ2v) is 3.43. The van der Waals surface area contributed by atoms with Gasteiger partial charge in [0, 0.05) is 17.3 Å². The van der Waals surface area contributed by atoms with Crippen LogP contribution in [0.25, 0.3) is 0 Å². The second-order valence-electron chi connectivity index (χ2n) is 3.43. The topological polar surface area (TPSA) is 35.8 Å². The van der Waals surface area contributed by atoms with E-state index in [1.165, 1.54) is 0 Å². The first-order valence-corrected chi connectivity index (χ1v) is 5.21. The maximum Gasteiger partial charge on any atom is 0.0991 e. The van der Waals surface area contributed by atoms with Crippen LogP contribution >= 0.6 is 0 Å². The third-order valence-electron chi connectivity index (χ3n) is 2.20. The average molecular weight is 218 g/mol. The summed E-state index contributed by atoms with van der Waals surface area (Å²) in [5, 5.41) is 11.7. The molecule has 0 aromatic heterocycles. The molecule has 0 heterocycles. The zero-order valence-electron chi connectivity index (χ0n) is 9.14. The van der Waals surface area contributed by atoms with Crippen LogP contribution in [0.4, 0.5) is 5.69 Å². The van der Waals surface area contributed by atoms with Gasteiger partial charge >= 0.3 is 0 Å². The van der Waals surface area contributed by atoms with Crippen LogP contribution in [0, 0.1) is 23.3 Å². The number of benzene rings is 2. The Morgan fingerprint density at radius 3 is 2.12 bits per heavy atom. The third kappa shape index (κ3) is 3.12. The van der Waals surface area contributed by atoms with E-state index in [1.54, 1.807) is 12.1 Å². The van der Waals surface area contributed by atoms with Crippen molar-refractivity contribution in [1.29, 1.82) is 5.26 Å². The van der Waals surface area contributed by atoms with Crippen molar-refractivity contribution in [2.75, 3.05) is 5.32 Å². The Morgan fingerprint density at radius 1 is 0.824 bits per heavy atom. The molecule has 2 heteroatoms. The minimum atomic E-state index is 0.645. The largest absolute Gasteiger partial charge is 0.315 e. The summed E-state index contributed by atoms with van der Waals surface area (Å²) >= 11 is 0. The molecule has 0 spiro atoms. The standard InChI is InChI=1S/C15H10N2/c16-12-14-8-6-13(7-9-14)10-11-17-15-4-2-1-3-5-15/h1-9,17H. The van der Waals surface area contributed by atoms with Gasteiger partial charge in [0.1, 0.15) is 0 Å². The molecule has 2 aromatic carbocycles. The predicted octanol–water partition coefficient (Wildman–Crippen LogP) is 2.98. The quantitative estimate of drug-likeness (QED) is 0.590. The molecule has 0 fully saturated rings. The Hall–Kier alpha value is -2.71. The lowest BCUT2D eigenvalue weighted by Crippen LogP contribution is -1.87. The molecule has 0 atom stereocenters. The summed E-state index contributed by atoms with van der Waals surface area (Å²) in [6, 6.07) is 21.9. The predicted molar refractivity (Wildman–Crippen MR) is 68.1 cm³/mol. The number of rotatable bonds is 1. The molecule has 0 amide bonds. The maximum absolute atomic E-state index is 8.65. The van der Waals surface area contributed by atoms with Gasteiger partial charge in [0.25, 0.3) is 0 Å². The highest BCUT2D eigenvalue weighted by Crippen LogP contribution is 2.04. The molecule has 2 rings (SSSR count). The minimum Gasteiger partial charge on any atom is -0.315 e. The number of nitriles is 1. The van der Waals surface area contributed by atoms with Gasteiger partial charge in [0.05, 0.1) is 11.6 Å². The molecule has 0 saturated carbocycles. The summed E-state index contributed by atoms with van der Waals surface area (Å²) in [6.07, 6.45) is 0. The molecule has 0 saturated heterocycles. The fourth-order valence-electron chi connectivity index (χ4n) is 1.33. The van der Waals surface area contributed by atoms with E-state index in [1.807, 2.05) is 42.5 Å². The molecule has 17 heavy (non-hydrogen) atoms.